The number of ether oxygens (including phenoxy) is 1. The van der Waals surface area contributed by atoms with Crippen molar-refractivity contribution in [3.8, 4) is 5.75 Å². The lowest BCUT2D eigenvalue weighted by molar-refractivity contribution is 0.297. The molecule has 0 radical (unpaired) electrons. The average molecular weight is 236 g/mol. The summed E-state index contributed by atoms with van der Waals surface area (Å²) in [6.07, 6.45) is 2.20. The highest BCUT2D eigenvalue weighted by molar-refractivity contribution is 6.59. The standard InChI is InChI=1S/C13H21BO3/c1-10(2)5-4-8-17-12-6-7-13(14(15)16)11(3)9-12/h6-7,9-10,15-16H,4-5,8H2,1-3H3. The van der Waals surface area contributed by atoms with Crippen LogP contribution in [0.5, 0.6) is 5.75 Å². The van der Waals surface area contributed by atoms with Gasteiger partial charge in [0.05, 0.1) is 6.61 Å². The van der Waals surface area contributed by atoms with Crippen LogP contribution in [-0.2, 0) is 0 Å². The molecule has 0 saturated heterocycles. The number of aryl methyl sites for hydroxylation is 1. The van der Waals surface area contributed by atoms with Crippen LogP contribution in [0.4, 0.5) is 0 Å². The van der Waals surface area contributed by atoms with Crippen molar-refractivity contribution >= 4 is 12.6 Å². The molecule has 0 fully saturated rings. The van der Waals surface area contributed by atoms with Crippen LogP contribution < -0.4 is 10.2 Å². The van der Waals surface area contributed by atoms with Crippen molar-refractivity contribution in [1.82, 2.24) is 0 Å². The zero-order chi connectivity index (χ0) is 12.8. The molecule has 0 spiro atoms. The highest BCUT2D eigenvalue weighted by atomic mass is 16.5. The van der Waals surface area contributed by atoms with Gasteiger partial charge < -0.3 is 14.8 Å². The zero-order valence-corrected chi connectivity index (χ0v) is 10.8. The summed E-state index contributed by atoms with van der Waals surface area (Å²) in [6.45, 7) is 6.94. The Labute approximate surface area is 104 Å². The van der Waals surface area contributed by atoms with E-state index in [1.54, 1.807) is 12.1 Å². The molecule has 0 bridgehead atoms. The van der Waals surface area contributed by atoms with Crippen LogP contribution in [0.1, 0.15) is 32.3 Å². The molecule has 0 saturated carbocycles. The van der Waals surface area contributed by atoms with Crippen molar-refractivity contribution in [1.29, 1.82) is 0 Å². The third-order valence-corrected chi connectivity index (χ3v) is 2.71. The third kappa shape index (κ3) is 4.80. The van der Waals surface area contributed by atoms with Crippen molar-refractivity contribution < 1.29 is 14.8 Å². The highest BCUT2D eigenvalue weighted by Gasteiger charge is 2.13. The van der Waals surface area contributed by atoms with Crippen molar-refractivity contribution in [2.24, 2.45) is 5.92 Å². The Balaban J connectivity index is 2.47. The summed E-state index contributed by atoms with van der Waals surface area (Å²) in [5.41, 5.74) is 1.36. The van der Waals surface area contributed by atoms with E-state index in [0.29, 0.717) is 18.0 Å². The van der Waals surface area contributed by atoms with Gasteiger partial charge in [0.25, 0.3) is 0 Å². The molecule has 4 heteroatoms. The molecule has 1 aromatic rings. The van der Waals surface area contributed by atoms with E-state index in [1.807, 2.05) is 13.0 Å². The lowest BCUT2D eigenvalue weighted by atomic mass is 9.77. The molecule has 0 aliphatic rings. The van der Waals surface area contributed by atoms with Gasteiger partial charge in [-0.15, -0.1) is 0 Å². The van der Waals surface area contributed by atoms with Crippen molar-refractivity contribution in [3.63, 3.8) is 0 Å². The van der Waals surface area contributed by atoms with Gasteiger partial charge in [-0.05, 0) is 48.8 Å². The van der Waals surface area contributed by atoms with Crippen molar-refractivity contribution in [2.45, 2.75) is 33.6 Å². The van der Waals surface area contributed by atoms with Gasteiger partial charge in [-0.25, -0.2) is 0 Å². The lowest BCUT2D eigenvalue weighted by Gasteiger charge is -2.10. The largest absolute Gasteiger partial charge is 0.494 e. The second-order valence-electron chi connectivity index (χ2n) is 4.78. The summed E-state index contributed by atoms with van der Waals surface area (Å²) in [7, 11) is -1.41. The first kappa shape index (κ1) is 14.1. The van der Waals surface area contributed by atoms with E-state index in [-0.39, 0.29) is 0 Å². The summed E-state index contributed by atoms with van der Waals surface area (Å²) in [5, 5.41) is 18.2. The zero-order valence-electron chi connectivity index (χ0n) is 10.8. The van der Waals surface area contributed by atoms with Crippen LogP contribution in [0.15, 0.2) is 18.2 Å². The summed E-state index contributed by atoms with van der Waals surface area (Å²) >= 11 is 0. The van der Waals surface area contributed by atoms with E-state index < -0.39 is 7.12 Å². The Hall–Kier alpha value is -0.995. The number of rotatable bonds is 6. The molecular weight excluding hydrogens is 215 g/mol. The third-order valence-electron chi connectivity index (χ3n) is 2.71. The molecule has 1 aromatic carbocycles. The molecule has 0 aliphatic heterocycles. The molecule has 3 nitrogen and oxygen atoms in total. The maximum atomic E-state index is 9.09. The van der Waals surface area contributed by atoms with Gasteiger partial charge in [-0.1, -0.05) is 19.9 Å². The summed E-state index contributed by atoms with van der Waals surface area (Å²) in [5.74, 6) is 1.49. The minimum Gasteiger partial charge on any atom is -0.494 e. The van der Waals surface area contributed by atoms with Gasteiger partial charge in [0.2, 0.25) is 0 Å². The van der Waals surface area contributed by atoms with Gasteiger partial charge in [0.15, 0.2) is 0 Å². The van der Waals surface area contributed by atoms with E-state index in [1.165, 1.54) is 0 Å². The molecule has 94 valence electrons. The second-order valence-corrected chi connectivity index (χ2v) is 4.78. The van der Waals surface area contributed by atoms with Crippen molar-refractivity contribution in [2.75, 3.05) is 6.61 Å². The van der Waals surface area contributed by atoms with Gasteiger partial charge >= 0.3 is 7.12 Å². The molecule has 0 unspecified atom stereocenters. The Kier molecular flexibility index (Phi) is 5.52. The van der Waals surface area contributed by atoms with Crippen molar-refractivity contribution in [3.05, 3.63) is 23.8 Å². The maximum absolute atomic E-state index is 9.09. The van der Waals surface area contributed by atoms with Gasteiger partial charge in [0.1, 0.15) is 5.75 Å². The van der Waals surface area contributed by atoms with Crippen LogP contribution in [0, 0.1) is 12.8 Å². The molecule has 0 atom stereocenters. The Morgan fingerprint density at radius 3 is 2.53 bits per heavy atom. The first-order valence-corrected chi connectivity index (χ1v) is 6.10. The van der Waals surface area contributed by atoms with Gasteiger partial charge in [0, 0.05) is 0 Å². The Morgan fingerprint density at radius 2 is 2.00 bits per heavy atom. The predicted molar refractivity (Wildman–Crippen MR) is 70.6 cm³/mol. The normalized spacial score (nSPS) is 10.7. The highest BCUT2D eigenvalue weighted by Crippen LogP contribution is 2.13. The second kappa shape index (κ2) is 6.67. The van der Waals surface area contributed by atoms with Crippen LogP contribution >= 0.6 is 0 Å². The van der Waals surface area contributed by atoms with E-state index in [4.69, 9.17) is 14.8 Å². The molecule has 17 heavy (non-hydrogen) atoms. The minimum atomic E-state index is -1.41. The van der Waals surface area contributed by atoms with Crippen LogP contribution in [0.2, 0.25) is 0 Å². The summed E-state index contributed by atoms with van der Waals surface area (Å²) in [4.78, 5) is 0. The fraction of sp³-hybridized carbons (Fsp3) is 0.538. The van der Waals surface area contributed by atoms with E-state index >= 15 is 0 Å². The molecule has 0 heterocycles. The predicted octanol–water partition coefficient (Wildman–Crippen LogP) is 1.49. The minimum absolute atomic E-state index is 0.527. The fourth-order valence-corrected chi connectivity index (χ4v) is 1.71. The molecule has 0 aliphatic carbocycles. The molecule has 2 N–H and O–H groups in total. The molecule has 0 amide bonds. The monoisotopic (exact) mass is 236 g/mol. The molecular formula is C13H21BO3. The van der Waals surface area contributed by atoms with Crippen LogP contribution in [0.3, 0.4) is 0 Å². The Bertz CT molecular complexity index is 351. The van der Waals surface area contributed by atoms with Crippen LogP contribution in [0.25, 0.3) is 0 Å². The topological polar surface area (TPSA) is 49.7 Å². The van der Waals surface area contributed by atoms with Gasteiger partial charge in [-0.3, -0.25) is 0 Å². The molecule has 1 rings (SSSR count). The smallest absolute Gasteiger partial charge is 0.488 e. The number of hydrogen-bond acceptors (Lipinski definition) is 3. The van der Waals surface area contributed by atoms with Gasteiger partial charge in [-0.2, -0.15) is 0 Å². The molecule has 0 aromatic heterocycles. The van der Waals surface area contributed by atoms with E-state index in [0.717, 1.165) is 24.2 Å². The number of hydrogen-bond donors (Lipinski definition) is 2. The Morgan fingerprint density at radius 1 is 1.29 bits per heavy atom. The van der Waals surface area contributed by atoms with E-state index in [2.05, 4.69) is 13.8 Å². The first-order chi connectivity index (χ1) is 8.00. The SMILES string of the molecule is Cc1cc(OCCCC(C)C)ccc1B(O)O. The summed E-state index contributed by atoms with van der Waals surface area (Å²) < 4.78 is 5.61. The maximum Gasteiger partial charge on any atom is 0.488 e. The lowest BCUT2D eigenvalue weighted by Crippen LogP contribution is -2.31. The number of benzene rings is 1. The quantitative estimate of drug-likeness (QED) is 0.581. The fourth-order valence-electron chi connectivity index (χ4n) is 1.71. The van der Waals surface area contributed by atoms with Crippen LogP contribution in [-0.4, -0.2) is 23.8 Å². The summed E-state index contributed by atoms with van der Waals surface area (Å²) in [6, 6.07) is 5.30. The van der Waals surface area contributed by atoms with E-state index in [9.17, 15) is 0 Å². The first-order valence-electron chi connectivity index (χ1n) is 6.10. The average Bonchev–Trinajstić information content (AvgIpc) is 2.23.